The molecule has 0 amide bonds. The van der Waals surface area contributed by atoms with Gasteiger partial charge in [0.25, 0.3) is 0 Å². The van der Waals surface area contributed by atoms with Crippen molar-refractivity contribution in [2.75, 3.05) is 6.61 Å². The summed E-state index contributed by atoms with van der Waals surface area (Å²) in [6, 6.07) is 21.4. The van der Waals surface area contributed by atoms with Crippen LogP contribution in [0.25, 0.3) is 0 Å². The third-order valence-electron chi connectivity index (χ3n) is 15.9. The van der Waals surface area contributed by atoms with E-state index in [1.54, 1.807) is 0 Å². The molecule has 4 aliphatic rings. The van der Waals surface area contributed by atoms with E-state index >= 15 is 0 Å². The molecule has 52 heavy (non-hydrogen) atoms. The van der Waals surface area contributed by atoms with Crippen molar-refractivity contribution in [1.29, 1.82) is 0 Å². The van der Waals surface area contributed by atoms with Gasteiger partial charge in [-0.15, -0.1) is 0 Å². The summed E-state index contributed by atoms with van der Waals surface area (Å²) >= 11 is 0. The molecule has 0 unspecified atom stereocenters. The molecule has 0 saturated heterocycles. The Morgan fingerprint density at radius 1 is 0.769 bits per heavy atom. The van der Waals surface area contributed by atoms with Crippen LogP contribution in [0.1, 0.15) is 124 Å². The number of rotatable bonds is 14. The van der Waals surface area contributed by atoms with E-state index in [0.717, 1.165) is 32.3 Å². The second-order valence-electron chi connectivity index (χ2n) is 20.2. The SMILES string of the molecule is C[C@H](CCC[C@@H](C)[C@H]1[C@@H](O)C[C@H]2[C@@H]3C[C@@H](OCc4ccccc4)[C@H]4C[C@@H](OCc5ccccc5)CC[C@]4(C)[C@H]3CC[C@]12C)CO[Si](C)(C)C(C)(C)C. The van der Waals surface area contributed by atoms with Crippen LogP contribution >= 0.6 is 0 Å². The highest BCUT2D eigenvalue weighted by Gasteiger charge is 2.64. The second kappa shape index (κ2) is 16.3. The van der Waals surface area contributed by atoms with Crippen molar-refractivity contribution in [2.45, 2.75) is 162 Å². The molecule has 1 N–H and O–H groups in total. The Hall–Kier alpha value is -1.50. The summed E-state index contributed by atoms with van der Waals surface area (Å²) in [6.45, 7) is 24.0. The van der Waals surface area contributed by atoms with Gasteiger partial charge in [-0.1, -0.05) is 122 Å². The first kappa shape index (κ1) is 40.2. The second-order valence-corrected chi connectivity index (χ2v) is 25.0. The average molecular weight is 731 g/mol. The third kappa shape index (κ3) is 8.49. The molecule has 0 heterocycles. The first-order valence-corrected chi connectivity index (χ1v) is 24.2. The van der Waals surface area contributed by atoms with E-state index in [9.17, 15) is 5.11 Å². The van der Waals surface area contributed by atoms with Gasteiger partial charge in [-0.2, -0.15) is 0 Å². The number of hydrogen-bond acceptors (Lipinski definition) is 4. The molecule has 2 aromatic rings. The largest absolute Gasteiger partial charge is 0.417 e. The van der Waals surface area contributed by atoms with Gasteiger partial charge in [0.05, 0.1) is 31.5 Å². The Morgan fingerprint density at radius 3 is 2.02 bits per heavy atom. The lowest BCUT2D eigenvalue weighted by atomic mass is 9.43. The molecule has 0 aromatic heterocycles. The Morgan fingerprint density at radius 2 is 1.38 bits per heavy atom. The van der Waals surface area contributed by atoms with Crippen LogP contribution in [0.2, 0.25) is 18.1 Å². The predicted octanol–water partition coefficient (Wildman–Crippen LogP) is 11.9. The van der Waals surface area contributed by atoms with E-state index in [1.165, 1.54) is 49.7 Å². The van der Waals surface area contributed by atoms with Gasteiger partial charge in [-0.25, -0.2) is 0 Å². The molecule has 0 spiro atoms. The quantitative estimate of drug-likeness (QED) is 0.197. The topological polar surface area (TPSA) is 47.9 Å². The van der Waals surface area contributed by atoms with Gasteiger partial charge in [0.15, 0.2) is 8.32 Å². The fourth-order valence-corrected chi connectivity index (χ4v) is 13.0. The molecule has 0 bridgehead atoms. The summed E-state index contributed by atoms with van der Waals surface area (Å²) in [5.41, 5.74) is 2.96. The fourth-order valence-electron chi connectivity index (χ4n) is 11.8. The number of ether oxygens (including phenoxy) is 2. The van der Waals surface area contributed by atoms with Crippen LogP contribution in [0, 0.1) is 52.3 Å². The van der Waals surface area contributed by atoms with Crippen LogP contribution < -0.4 is 0 Å². The van der Waals surface area contributed by atoms with E-state index in [1.807, 2.05) is 0 Å². The molecule has 4 nitrogen and oxygen atoms in total. The predicted molar refractivity (Wildman–Crippen MR) is 217 cm³/mol. The zero-order chi connectivity index (χ0) is 37.3. The van der Waals surface area contributed by atoms with E-state index < -0.39 is 8.32 Å². The van der Waals surface area contributed by atoms with Gasteiger partial charge in [0, 0.05) is 6.61 Å². The van der Waals surface area contributed by atoms with Gasteiger partial charge in [-0.05, 0) is 133 Å². The molecular weight excluding hydrogens is 657 g/mol. The summed E-state index contributed by atoms with van der Waals surface area (Å²) in [7, 11) is -1.72. The van der Waals surface area contributed by atoms with Gasteiger partial charge >= 0.3 is 0 Å². The molecule has 6 rings (SSSR count). The van der Waals surface area contributed by atoms with Gasteiger partial charge in [0.2, 0.25) is 0 Å². The number of hydrogen-bond donors (Lipinski definition) is 1. The summed E-state index contributed by atoms with van der Waals surface area (Å²) < 4.78 is 20.3. The zero-order valence-corrected chi connectivity index (χ0v) is 35.4. The first-order valence-electron chi connectivity index (χ1n) is 21.3. The standard InChI is InChI=1S/C47H74O4Si/c1-33(30-51-52(8,9)45(3,4)5)17-16-18-34(2)44-42(48)29-40-38-28-43(50-32-36-21-14-11-15-22-36)41-27-37(49-31-35-19-12-10-13-20-35)23-25-46(41,6)39(38)24-26-47(40,44)7/h10-15,19-22,33-34,37-44,48H,16-18,23-32H2,1-9H3/t33-,34-,37+,38-,39+,40+,41-,42+,43-,44+,46-,47+/m1/s1. The Balaban J connectivity index is 1.13. The molecule has 290 valence electrons. The van der Waals surface area contributed by atoms with Crippen LogP contribution in [0.15, 0.2) is 60.7 Å². The molecule has 2 aromatic carbocycles. The van der Waals surface area contributed by atoms with Gasteiger partial charge in [0.1, 0.15) is 0 Å². The van der Waals surface area contributed by atoms with Crippen LogP contribution in [0.3, 0.4) is 0 Å². The van der Waals surface area contributed by atoms with Crippen LogP contribution in [-0.4, -0.2) is 38.3 Å². The maximum atomic E-state index is 11.9. The highest BCUT2D eigenvalue weighted by atomic mass is 28.4. The van der Waals surface area contributed by atoms with E-state index in [2.05, 4.69) is 122 Å². The maximum absolute atomic E-state index is 11.9. The number of fused-ring (bicyclic) bond motifs is 5. The van der Waals surface area contributed by atoms with Crippen molar-refractivity contribution in [3.05, 3.63) is 71.8 Å². The van der Waals surface area contributed by atoms with Crippen molar-refractivity contribution in [1.82, 2.24) is 0 Å². The fraction of sp³-hybridized carbons (Fsp3) is 0.745. The van der Waals surface area contributed by atoms with E-state index in [0.29, 0.717) is 54.6 Å². The van der Waals surface area contributed by atoms with Crippen molar-refractivity contribution in [3.63, 3.8) is 0 Å². The maximum Gasteiger partial charge on any atom is 0.191 e. The molecular formula is C47H74O4Si. The Bertz CT molecular complexity index is 1410. The lowest BCUT2D eigenvalue weighted by Gasteiger charge is -2.63. The molecule has 0 aliphatic heterocycles. The number of aliphatic hydroxyl groups excluding tert-OH is 1. The highest BCUT2D eigenvalue weighted by Crippen LogP contribution is 2.69. The Kier molecular flexibility index (Phi) is 12.6. The first-order chi connectivity index (χ1) is 24.6. The van der Waals surface area contributed by atoms with Crippen molar-refractivity contribution in [3.8, 4) is 0 Å². The summed E-state index contributed by atoms with van der Waals surface area (Å²) in [6.07, 6.45) is 12.0. The smallest absolute Gasteiger partial charge is 0.191 e. The Labute approximate surface area is 319 Å². The minimum Gasteiger partial charge on any atom is -0.417 e. The van der Waals surface area contributed by atoms with Crippen molar-refractivity contribution >= 4 is 8.32 Å². The van der Waals surface area contributed by atoms with Crippen molar-refractivity contribution < 1.29 is 19.0 Å². The normalized spacial score (nSPS) is 36.0. The summed E-state index contributed by atoms with van der Waals surface area (Å²) in [5.74, 6) is 3.87. The van der Waals surface area contributed by atoms with Gasteiger partial charge < -0.3 is 19.0 Å². The minimum absolute atomic E-state index is 0.195. The molecule has 4 aliphatic carbocycles. The summed E-state index contributed by atoms with van der Waals surface area (Å²) in [5, 5.41) is 12.2. The van der Waals surface area contributed by atoms with E-state index in [4.69, 9.17) is 13.9 Å². The summed E-state index contributed by atoms with van der Waals surface area (Å²) in [4.78, 5) is 0. The lowest BCUT2D eigenvalue weighted by Crippen LogP contribution is -2.59. The molecule has 0 radical (unpaired) electrons. The minimum atomic E-state index is -1.72. The van der Waals surface area contributed by atoms with Crippen molar-refractivity contribution in [2.24, 2.45) is 52.3 Å². The number of benzene rings is 2. The monoisotopic (exact) mass is 731 g/mol. The number of aliphatic hydroxyl groups is 1. The highest BCUT2D eigenvalue weighted by molar-refractivity contribution is 6.74. The average Bonchev–Trinajstić information content (AvgIpc) is 3.39. The zero-order valence-electron chi connectivity index (χ0n) is 34.4. The van der Waals surface area contributed by atoms with E-state index in [-0.39, 0.29) is 34.2 Å². The molecule has 4 fully saturated rings. The van der Waals surface area contributed by atoms with Gasteiger partial charge in [-0.3, -0.25) is 0 Å². The van der Waals surface area contributed by atoms with Crippen LogP contribution in [0.4, 0.5) is 0 Å². The molecule has 4 saturated carbocycles. The molecule has 5 heteroatoms. The lowest BCUT2D eigenvalue weighted by molar-refractivity contribution is -0.194. The molecule has 12 atom stereocenters. The van der Waals surface area contributed by atoms with Crippen LogP contribution in [-0.2, 0) is 27.1 Å². The van der Waals surface area contributed by atoms with Crippen LogP contribution in [0.5, 0.6) is 0 Å². The third-order valence-corrected chi connectivity index (χ3v) is 20.4.